The summed E-state index contributed by atoms with van der Waals surface area (Å²) in [6, 6.07) is 2.30. The van der Waals surface area contributed by atoms with Gasteiger partial charge in [-0.2, -0.15) is 0 Å². The molecule has 3 rings (SSSR count). The molecule has 1 aromatic carbocycles. The van der Waals surface area contributed by atoms with Gasteiger partial charge in [-0.3, -0.25) is 14.5 Å². The zero-order valence-corrected chi connectivity index (χ0v) is 25.3. The Hall–Kier alpha value is -3.67. The third-order valence-electron chi connectivity index (χ3n) is 7.22. The van der Waals surface area contributed by atoms with E-state index < -0.39 is 53.6 Å². The number of ether oxygens (including phenoxy) is 3. The van der Waals surface area contributed by atoms with Gasteiger partial charge in [-0.15, -0.1) is 0 Å². The Morgan fingerprint density at radius 2 is 1.95 bits per heavy atom. The summed E-state index contributed by atoms with van der Waals surface area (Å²) in [4.78, 5) is 56.4. The van der Waals surface area contributed by atoms with Crippen molar-refractivity contribution in [3.05, 3.63) is 35.8 Å². The second-order valence-corrected chi connectivity index (χ2v) is 11.6. The number of nitrogens with one attached hydrogen (secondary N) is 3. The van der Waals surface area contributed by atoms with Crippen LogP contribution in [0.5, 0.6) is 0 Å². The van der Waals surface area contributed by atoms with Crippen LogP contribution in [0.1, 0.15) is 65.9 Å². The van der Waals surface area contributed by atoms with Gasteiger partial charge in [0.1, 0.15) is 29.7 Å². The Bertz CT molecular complexity index is 1260. The second-order valence-electron chi connectivity index (χ2n) is 11.6. The molecule has 42 heavy (non-hydrogen) atoms. The lowest BCUT2D eigenvalue weighted by Crippen LogP contribution is -2.54. The van der Waals surface area contributed by atoms with Crippen molar-refractivity contribution in [2.45, 2.75) is 90.6 Å². The van der Waals surface area contributed by atoms with E-state index in [2.05, 4.69) is 15.6 Å². The molecule has 1 saturated heterocycles. The summed E-state index contributed by atoms with van der Waals surface area (Å²) < 4.78 is 30.2. The molecule has 232 valence electrons. The van der Waals surface area contributed by atoms with Gasteiger partial charge in [0.05, 0.1) is 13.7 Å². The molecule has 1 aliphatic heterocycles. The fourth-order valence-corrected chi connectivity index (χ4v) is 4.78. The van der Waals surface area contributed by atoms with Gasteiger partial charge in [0.25, 0.3) is 0 Å². The van der Waals surface area contributed by atoms with Gasteiger partial charge in [-0.25, -0.2) is 14.0 Å². The molecule has 0 radical (unpaired) electrons. The minimum absolute atomic E-state index is 0.0396. The Morgan fingerprint density at radius 1 is 1.21 bits per heavy atom. The number of benzene rings is 1. The molecule has 2 unspecified atom stereocenters. The SMILES string of the molecule is CC[C@H](C)[C@H](NC(=O)C(Cc1c[nH]c2ccc(F)cc12)NC(=O)CCC1OCCCN1C(=O)OC(C)(C)C)C(=O)OC. The summed E-state index contributed by atoms with van der Waals surface area (Å²) in [5.74, 6) is -2.26. The van der Waals surface area contributed by atoms with Gasteiger partial charge in [0.15, 0.2) is 0 Å². The summed E-state index contributed by atoms with van der Waals surface area (Å²) >= 11 is 0. The first kappa shape index (κ1) is 32.8. The highest BCUT2D eigenvalue weighted by molar-refractivity contribution is 5.92. The summed E-state index contributed by atoms with van der Waals surface area (Å²) in [7, 11) is 1.25. The number of esters is 1. The van der Waals surface area contributed by atoms with Crippen LogP contribution in [0.4, 0.5) is 9.18 Å². The Labute approximate surface area is 245 Å². The zero-order valence-electron chi connectivity index (χ0n) is 25.3. The van der Waals surface area contributed by atoms with E-state index in [0.717, 1.165) is 0 Å². The van der Waals surface area contributed by atoms with Crippen LogP contribution in [-0.2, 0) is 35.0 Å². The molecule has 1 aromatic heterocycles. The first-order valence-electron chi connectivity index (χ1n) is 14.4. The van der Waals surface area contributed by atoms with Gasteiger partial charge < -0.3 is 29.8 Å². The number of nitrogens with zero attached hydrogens (tertiary/aromatic N) is 1. The van der Waals surface area contributed by atoms with Gasteiger partial charge in [-0.05, 0) is 56.9 Å². The predicted octanol–water partition coefficient (Wildman–Crippen LogP) is 3.80. The number of carbonyl (C=O) groups excluding carboxylic acids is 4. The molecule has 0 saturated carbocycles. The molecule has 0 aliphatic carbocycles. The standard InChI is InChI=1S/C30H43FN4O7/c1-7-18(2)26(28(38)40-6)34-27(37)23(15-19-17-32-22-10-9-20(31)16-21(19)22)33-24(36)11-12-25-35(13-8-14-41-25)29(39)42-30(3,4)5/h9-10,16-18,23,25-26,32H,7-8,11-15H2,1-6H3,(H,33,36)(H,34,37)/t18-,23?,25?,26-/m0/s1. The minimum atomic E-state index is -1.08. The number of methoxy groups -OCH3 is 1. The van der Waals surface area contributed by atoms with Gasteiger partial charge in [0, 0.05) is 42.9 Å². The molecule has 12 heteroatoms. The summed E-state index contributed by atoms with van der Waals surface area (Å²) in [5, 5.41) is 6.09. The number of H-pyrrole nitrogens is 1. The molecule has 2 aromatic rings. The summed E-state index contributed by atoms with van der Waals surface area (Å²) in [6.07, 6.45) is 1.93. The fourth-order valence-electron chi connectivity index (χ4n) is 4.78. The highest BCUT2D eigenvalue weighted by Gasteiger charge is 2.33. The van der Waals surface area contributed by atoms with E-state index >= 15 is 0 Å². The Morgan fingerprint density at radius 3 is 2.62 bits per heavy atom. The van der Waals surface area contributed by atoms with E-state index in [9.17, 15) is 23.6 Å². The number of fused-ring (bicyclic) bond motifs is 1. The number of carbonyl (C=O) groups is 4. The van der Waals surface area contributed by atoms with Crippen LogP contribution in [0.15, 0.2) is 24.4 Å². The van der Waals surface area contributed by atoms with Crippen LogP contribution in [0.2, 0.25) is 0 Å². The predicted molar refractivity (Wildman–Crippen MR) is 154 cm³/mol. The van der Waals surface area contributed by atoms with Crippen LogP contribution in [-0.4, -0.2) is 77.9 Å². The molecular weight excluding hydrogens is 547 g/mol. The molecule has 4 atom stereocenters. The average Bonchev–Trinajstić information content (AvgIpc) is 3.34. The number of rotatable bonds is 11. The van der Waals surface area contributed by atoms with Crippen molar-refractivity contribution in [1.29, 1.82) is 0 Å². The number of amides is 3. The molecule has 3 amide bonds. The quantitative estimate of drug-likeness (QED) is 0.338. The highest BCUT2D eigenvalue weighted by atomic mass is 19.1. The topological polar surface area (TPSA) is 139 Å². The number of halogens is 1. The maximum atomic E-state index is 14.0. The molecule has 3 N–H and O–H groups in total. The van der Waals surface area contributed by atoms with Crippen molar-refractivity contribution in [1.82, 2.24) is 20.5 Å². The lowest BCUT2D eigenvalue weighted by atomic mass is 9.98. The van der Waals surface area contributed by atoms with Gasteiger partial charge >= 0.3 is 12.1 Å². The van der Waals surface area contributed by atoms with Crippen LogP contribution in [0.3, 0.4) is 0 Å². The van der Waals surface area contributed by atoms with Crippen LogP contribution < -0.4 is 10.6 Å². The normalized spacial score (nSPS) is 17.7. The maximum Gasteiger partial charge on any atom is 0.412 e. The van der Waals surface area contributed by atoms with Crippen molar-refractivity contribution >= 4 is 34.8 Å². The third kappa shape index (κ3) is 8.91. The Kier molecular flexibility index (Phi) is 11.3. The third-order valence-corrected chi connectivity index (χ3v) is 7.22. The molecule has 0 spiro atoms. The smallest absolute Gasteiger partial charge is 0.412 e. The number of aromatic amines is 1. The van der Waals surface area contributed by atoms with Crippen molar-refractivity contribution < 1.29 is 37.8 Å². The summed E-state index contributed by atoms with van der Waals surface area (Å²) in [6.45, 7) is 9.91. The summed E-state index contributed by atoms with van der Waals surface area (Å²) in [5.41, 5.74) is 0.620. The van der Waals surface area contributed by atoms with E-state index in [-0.39, 0.29) is 25.2 Å². The molecule has 11 nitrogen and oxygen atoms in total. The molecule has 1 fully saturated rings. The number of hydrogen-bond acceptors (Lipinski definition) is 7. The van der Waals surface area contributed by atoms with E-state index in [0.29, 0.717) is 42.5 Å². The van der Waals surface area contributed by atoms with E-state index in [1.165, 1.54) is 24.1 Å². The molecule has 2 heterocycles. The first-order chi connectivity index (χ1) is 19.8. The molecule has 1 aliphatic rings. The minimum Gasteiger partial charge on any atom is -0.467 e. The van der Waals surface area contributed by atoms with E-state index in [1.807, 2.05) is 13.8 Å². The molecule has 0 bridgehead atoms. The monoisotopic (exact) mass is 590 g/mol. The van der Waals surface area contributed by atoms with Gasteiger partial charge in [0.2, 0.25) is 11.8 Å². The zero-order chi connectivity index (χ0) is 31.0. The van der Waals surface area contributed by atoms with Crippen LogP contribution in [0, 0.1) is 11.7 Å². The van der Waals surface area contributed by atoms with Crippen molar-refractivity contribution in [2.75, 3.05) is 20.3 Å². The van der Waals surface area contributed by atoms with E-state index in [1.54, 1.807) is 33.0 Å². The first-order valence-corrected chi connectivity index (χ1v) is 14.4. The number of hydrogen-bond donors (Lipinski definition) is 3. The number of aromatic nitrogens is 1. The lowest BCUT2D eigenvalue weighted by molar-refractivity contribution is -0.147. The maximum absolute atomic E-state index is 14.0. The lowest BCUT2D eigenvalue weighted by Gasteiger charge is -2.36. The highest BCUT2D eigenvalue weighted by Crippen LogP contribution is 2.22. The Balaban J connectivity index is 1.76. The van der Waals surface area contributed by atoms with Crippen molar-refractivity contribution in [3.8, 4) is 0 Å². The van der Waals surface area contributed by atoms with Crippen molar-refractivity contribution in [3.63, 3.8) is 0 Å². The van der Waals surface area contributed by atoms with Crippen LogP contribution >= 0.6 is 0 Å². The second kappa shape index (κ2) is 14.5. The average molecular weight is 591 g/mol. The van der Waals surface area contributed by atoms with Crippen molar-refractivity contribution in [2.24, 2.45) is 5.92 Å². The fraction of sp³-hybridized carbons (Fsp3) is 0.600. The largest absolute Gasteiger partial charge is 0.467 e. The van der Waals surface area contributed by atoms with E-state index in [4.69, 9.17) is 14.2 Å². The molecular formula is C30H43FN4O7. The van der Waals surface area contributed by atoms with Gasteiger partial charge in [-0.1, -0.05) is 20.3 Å². The van der Waals surface area contributed by atoms with Crippen LogP contribution in [0.25, 0.3) is 10.9 Å².